The number of nitrogen functional groups attached to an aromatic ring is 1. The van der Waals surface area contributed by atoms with Gasteiger partial charge in [0.2, 0.25) is 0 Å². The van der Waals surface area contributed by atoms with E-state index in [1.165, 1.54) is 17.4 Å². The first-order chi connectivity index (χ1) is 7.16. The number of oxazole rings is 1. The molecule has 0 radical (unpaired) electrons. The van der Waals surface area contributed by atoms with Crippen LogP contribution in [0, 0.1) is 0 Å². The molecule has 0 bridgehead atoms. The van der Waals surface area contributed by atoms with Crippen LogP contribution in [0.1, 0.15) is 24.3 Å². The van der Waals surface area contributed by atoms with Crippen LogP contribution in [-0.2, 0) is 7.05 Å². The van der Waals surface area contributed by atoms with Crippen LogP contribution in [0.5, 0.6) is 0 Å². The van der Waals surface area contributed by atoms with E-state index in [1.54, 1.807) is 7.05 Å². The van der Waals surface area contributed by atoms with Crippen molar-refractivity contribution in [3.05, 3.63) is 28.2 Å². The fourth-order valence-electron chi connectivity index (χ4n) is 1.95. The Morgan fingerprint density at radius 2 is 2.20 bits per heavy atom. The lowest BCUT2D eigenvalue weighted by atomic mass is 10.1. The second kappa shape index (κ2) is 2.66. The minimum Gasteiger partial charge on any atom is -0.408 e. The van der Waals surface area contributed by atoms with Crippen molar-refractivity contribution in [3.63, 3.8) is 0 Å². The fourth-order valence-corrected chi connectivity index (χ4v) is 1.95. The molecule has 0 aliphatic heterocycles. The van der Waals surface area contributed by atoms with Crippen LogP contribution in [0.3, 0.4) is 0 Å². The van der Waals surface area contributed by atoms with Gasteiger partial charge in [-0.2, -0.15) is 0 Å². The van der Waals surface area contributed by atoms with Gasteiger partial charge in [-0.05, 0) is 36.5 Å². The van der Waals surface area contributed by atoms with Gasteiger partial charge >= 0.3 is 5.76 Å². The molecule has 0 amide bonds. The molecule has 15 heavy (non-hydrogen) atoms. The first-order valence-electron chi connectivity index (χ1n) is 5.06. The molecule has 0 unspecified atom stereocenters. The lowest BCUT2D eigenvalue weighted by Crippen LogP contribution is -2.08. The standard InChI is InChI=1S/C11H12N2O2/c1-13-9-5-8(12)7(6-2-3-6)4-10(9)15-11(13)14/h4-6H,2-3,12H2,1H3. The maximum atomic E-state index is 11.3. The van der Waals surface area contributed by atoms with Crippen molar-refractivity contribution < 1.29 is 4.42 Å². The Labute approximate surface area is 86.3 Å². The molecule has 1 heterocycles. The Kier molecular flexibility index (Phi) is 1.52. The van der Waals surface area contributed by atoms with Gasteiger partial charge in [0, 0.05) is 12.7 Å². The SMILES string of the molecule is Cn1c(=O)oc2cc(C3CC3)c(N)cc21. The molecule has 2 aromatic rings. The fraction of sp³-hybridized carbons (Fsp3) is 0.364. The zero-order valence-corrected chi connectivity index (χ0v) is 8.49. The van der Waals surface area contributed by atoms with Gasteiger partial charge in [0.25, 0.3) is 0 Å². The van der Waals surface area contributed by atoms with E-state index in [-0.39, 0.29) is 5.76 Å². The first-order valence-corrected chi connectivity index (χ1v) is 5.06. The molecular weight excluding hydrogens is 192 g/mol. The minimum atomic E-state index is -0.336. The Morgan fingerprint density at radius 1 is 1.47 bits per heavy atom. The number of anilines is 1. The van der Waals surface area contributed by atoms with Crippen LogP contribution < -0.4 is 11.5 Å². The number of aromatic nitrogens is 1. The smallest absolute Gasteiger partial charge is 0.408 e. The molecule has 1 aromatic carbocycles. The summed E-state index contributed by atoms with van der Waals surface area (Å²) in [5.41, 5.74) is 9.24. The van der Waals surface area contributed by atoms with E-state index < -0.39 is 0 Å². The number of aryl methyl sites for hydroxylation is 1. The van der Waals surface area contributed by atoms with Crippen molar-refractivity contribution in [2.45, 2.75) is 18.8 Å². The van der Waals surface area contributed by atoms with E-state index in [1.807, 2.05) is 12.1 Å². The van der Waals surface area contributed by atoms with Gasteiger partial charge in [-0.3, -0.25) is 4.57 Å². The highest BCUT2D eigenvalue weighted by molar-refractivity contribution is 5.79. The van der Waals surface area contributed by atoms with E-state index in [2.05, 4.69) is 0 Å². The van der Waals surface area contributed by atoms with Crippen molar-refractivity contribution in [3.8, 4) is 0 Å². The normalized spacial score (nSPS) is 16.1. The highest BCUT2D eigenvalue weighted by Crippen LogP contribution is 2.43. The number of hydrogen-bond acceptors (Lipinski definition) is 3. The summed E-state index contributed by atoms with van der Waals surface area (Å²) < 4.78 is 6.60. The third-order valence-electron chi connectivity index (χ3n) is 3.01. The minimum absolute atomic E-state index is 0.336. The summed E-state index contributed by atoms with van der Waals surface area (Å²) in [6.45, 7) is 0. The topological polar surface area (TPSA) is 61.2 Å². The Hall–Kier alpha value is -1.71. The summed E-state index contributed by atoms with van der Waals surface area (Å²) in [7, 11) is 1.68. The Bertz CT molecular complexity index is 590. The van der Waals surface area contributed by atoms with E-state index in [0.29, 0.717) is 11.5 Å². The van der Waals surface area contributed by atoms with Crippen LogP contribution in [0.4, 0.5) is 5.69 Å². The van der Waals surface area contributed by atoms with E-state index in [4.69, 9.17) is 10.2 Å². The molecule has 0 saturated heterocycles. The lowest BCUT2D eigenvalue weighted by Gasteiger charge is -2.03. The van der Waals surface area contributed by atoms with Crippen molar-refractivity contribution in [2.24, 2.45) is 7.05 Å². The van der Waals surface area contributed by atoms with Crippen LogP contribution in [-0.4, -0.2) is 4.57 Å². The molecule has 0 spiro atoms. The van der Waals surface area contributed by atoms with E-state index in [9.17, 15) is 4.79 Å². The summed E-state index contributed by atoms with van der Waals surface area (Å²) in [4.78, 5) is 11.3. The molecular formula is C11H12N2O2. The average Bonchev–Trinajstić information content (AvgIpc) is 2.98. The number of hydrogen-bond donors (Lipinski definition) is 1. The molecule has 1 aliphatic carbocycles. The van der Waals surface area contributed by atoms with Crippen molar-refractivity contribution in [1.29, 1.82) is 0 Å². The molecule has 1 fully saturated rings. The average molecular weight is 204 g/mol. The first kappa shape index (κ1) is 8.59. The van der Waals surface area contributed by atoms with Gasteiger partial charge in [-0.1, -0.05) is 0 Å². The predicted molar refractivity (Wildman–Crippen MR) is 57.8 cm³/mol. The maximum absolute atomic E-state index is 11.3. The van der Waals surface area contributed by atoms with Gasteiger partial charge in [0.1, 0.15) is 0 Å². The monoisotopic (exact) mass is 204 g/mol. The summed E-state index contributed by atoms with van der Waals surface area (Å²) in [5.74, 6) is 0.234. The molecule has 4 heteroatoms. The second-order valence-corrected chi connectivity index (χ2v) is 4.15. The quantitative estimate of drug-likeness (QED) is 0.717. The zero-order valence-electron chi connectivity index (χ0n) is 8.49. The largest absolute Gasteiger partial charge is 0.419 e. The van der Waals surface area contributed by atoms with Gasteiger partial charge in [-0.15, -0.1) is 0 Å². The van der Waals surface area contributed by atoms with Crippen LogP contribution in [0.15, 0.2) is 21.3 Å². The summed E-state index contributed by atoms with van der Waals surface area (Å²) in [6, 6.07) is 3.73. The van der Waals surface area contributed by atoms with Crippen molar-refractivity contribution in [1.82, 2.24) is 4.57 Å². The number of benzene rings is 1. The third kappa shape index (κ3) is 1.17. The predicted octanol–water partition coefficient (Wildman–Crippen LogP) is 1.59. The highest BCUT2D eigenvalue weighted by Gasteiger charge is 2.26. The van der Waals surface area contributed by atoms with Gasteiger partial charge in [0.15, 0.2) is 5.58 Å². The zero-order chi connectivity index (χ0) is 10.6. The summed E-state index contributed by atoms with van der Waals surface area (Å²) >= 11 is 0. The van der Waals surface area contributed by atoms with Gasteiger partial charge in [-0.25, -0.2) is 4.79 Å². The maximum Gasteiger partial charge on any atom is 0.419 e. The molecule has 1 saturated carbocycles. The Balaban J connectivity index is 2.34. The third-order valence-corrected chi connectivity index (χ3v) is 3.01. The van der Waals surface area contributed by atoms with Crippen molar-refractivity contribution in [2.75, 3.05) is 5.73 Å². The molecule has 78 valence electrons. The summed E-state index contributed by atoms with van der Waals surface area (Å²) in [6.07, 6.45) is 2.37. The van der Waals surface area contributed by atoms with Crippen molar-refractivity contribution >= 4 is 16.8 Å². The van der Waals surface area contributed by atoms with Crippen LogP contribution in [0.2, 0.25) is 0 Å². The number of nitrogens with two attached hydrogens (primary N) is 1. The number of rotatable bonds is 1. The van der Waals surface area contributed by atoms with Crippen LogP contribution >= 0.6 is 0 Å². The lowest BCUT2D eigenvalue weighted by molar-refractivity contribution is 0.528. The molecule has 3 rings (SSSR count). The number of nitrogens with zero attached hydrogens (tertiary/aromatic N) is 1. The molecule has 1 aliphatic rings. The molecule has 0 atom stereocenters. The van der Waals surface area contributed by atoms with Crippen LogP contribution in [0.25, 0.3) is 11.1 Å². The molecule has 4 nitrogen and oxygen atoms in total. The Morgan fingerprint density at radius 3 is 2.87 bits per heavy atom. The van der Waals surface area contributed by atoms with Gasteiger partial charge in [0.05, 0.1) is 5.52 Å². The van der Waals surface area contributed by atoms with E-state index in [0.717, 1.165) is 16.8 Å². The van der Waals surface area contributed by atoms with E-state index >= 15 is 0 Å². The molecule has 1 aromatic heterocycles. The highest BCUT2D eigenvalue weighted by atomic mass is 16.4. The summed E-state index contributed by atoms with van der Waals surface area (Å²) in [5, 5.41) is 0. The molecule has 2 N–H and O–H groups in total. The second-order valence-electron chi connectivity index (χ2n) is 4.15. The number of fused-ring (bicyclic) bond motifs is 1. The van der Waals surface area contributed by atoms with Gasteiger partial charge < -0.3 is 10.2 Å².